The maximum Gasteiger partial charge on any atom is 0.215 e. The van der Waals surface area contributed by atoms with E-state index < -0.39 is 15.8 Å². The molecular formula is C18H23FN2O2S2. The lowest BCUT2D eigenvalue weighted by Gasteiger charge is -2.31. The molecule has 1 aliphatic rings. The molecule has 1 fully saturated rings. The van der Waals surface area contributed by atoms with Crippen LogP contribution in [0.3, 0.4) is 0 Å². The first kappa shape index (κ1) is 18.5. The second kappa shape index (κ2) is 8.40. The second-order valence-electron chi connectivity index (χ2n) is 6.41. The van der Waals surface area contributed by atoms with E-state index in [-0.39, 0.29) is 5.75 Å². The minimum atomic E-state index is -3.44. The minimum absolute atomic E-state index is 0.189. The predicted molar refractivity (Wildman–Crippen MR) is 99.8 cm³/mol. The molecule has 0 radical (unpaired) electrons. The van der Waals surface area contributed by atoms with E-state index in [0.29, 0.717) is 24.6 Å². The molecule has 1 aromatic carbocycles. The van der Waals surface area contributed by atoms with Crippen LogP contribution in [-0.2, 0) is 15.8 Å². The topological polar surface area (TPSA) is 49.4 Å². The molecule has 0 bridgehead atoms. The second-order valence-corrected chi connectivity index (χ2v) is 9.20. The van der Waals surface area contributed by atoms with Gasteiger partial charge in [-0.3, -0.25) is 0 Å². The molecule has 7 heteroatoms. The van der Waals surface area contributed by atoms with Gasteiger partial charge in [-0.15, -0.1) is 11.3 Å². The van der Waals surface area contributed by atoms with Gasteiger partial charge >= 0.3 is 0 Å². The largest absolute Gasteiger partial charge is 0.302 e. The van der Waals surface area contributed by atoms with Crippen molar-refractivity contribution in [2.24, 2.45) is 0 Å². The van der Waals surface area contributed by atoms with Gasteiger partial charge in [-0.2, -0.15) is 0 Å². The van der Waals surface area contributed by atoms with E-state index in [1.54, 1.807) is 6.07 Å². The van der Waals surface area contributed by atoms with Crippen molar-refractivity contribution >= 4 is 21.4 Å². The van der Waals surface area contributed by atoms with E-state index >= 15 is 0 Å². The first-order valence-corrected chi connectivity index (χ1v) is 11.0. The first-order valence-electron chi connectivity index (χ1n) is 8.49. The fourth-order valence-corrected chi connectivity index (χ4v) is 5.24. The Kier molecular flexibility index (Phi) is 6.22. The van der Waals surface area contributed by atoms with Crippen LogP contribution in [0.15, 0.2) is 41.8 Å². The molecule has 0 amide bonds. The van der Waals surface area contributed by atoms with Gasteiger partial charge in [0.15, 0.2) is 0 Å². The smallest absolute Gasteiger partial charge is 0.215 e. The molecule has 1 aliphatic heterocycles. The highest BCUT2D eigenvalue weighted by atomic mass is 32.2. The van der Waals surface area contributed by atoms with Crippen molar-refractivity contribution < 1.29 is 12.8 Å². The molecule has 136 valence electrons. The molecule has 3 rings (SSSR count). The van der Waals surface area contributed by atoms with Gasteiger partial charge in [-0.25, -0.2) is 17.5 Å². The third-order valence-corrected chi connectivity index (χ3v) is 6.92. The lowest BCUT2D eigenvalue weighted by Crippen LogP contribution is -2.39. The highest BCUT2D eigenvalue weighted by Gasteiger charge is 2.21. The van der Waals surface area contributed by atoms with Gasteiger partial charge < -0.3 is 4.90 Å². The third-order valence-electron chi connectivity index (χ3n) is 4.53. The molecule has 0 aliphatic carbocycles. The maximum absolute atomic E-state index is 13.1. The monoisotopic (exact) mass is 382 g/mol. The van der Waals surface area contributed by atoms with Gasteiger partial charge in [0.2, 0.25) is 10.0 Å². The molecule has 1 saturated heterocycles. The number of nitrogens with one attached hydrogen (secondary N) is 1. The van der Waals surface area contributed by atoms with Gasteiger partial charge in [0.1, 0.15) is 5.82 Å². The Balaban J connectivity index is 1.40. The summed E-state index contributed by atoms with van der Waals surface area (Å²) in [6, 6.07) is 10.0. The van der Waals surface area contributed by atoms with Crippen LogP contribution >= 0.6 is 11.3 Å². The zero-order chi connectivity index (χ0) is 17.7. The first-order chi connectivity index (χ1) is 12.0. The van der Waals surface area contributed by atoms with Gasteiger partial charge in [0.05, 0.1) is 5.75 Å². The van der Waals surface area contributed by atoms with Crippen molar-refractivity contribution in [1.29, 1.82) is 0 Å². The number of piperidine rings is 1. The number of hydrogen-bond donors (Lipinski definition) is 1. The maximum atomic E-state index is 13.1. The normalized spacial score (nSPS) is 17.0. The Bertz CT molecular complexity index is 770. The number of benzene rings is 1. The number of hydrogen-bond acceptors (Lipinski definition) is 4. The van der Waals surface area contributed by atoms with Crippen molar-refractivity contribution in [1.82, 2.24) is 9.62 Å². The molecule has 0 unspecified atom stereocenters. The number of likely N-dealkylation sites (tertiary alicyclic amines) is 1. The Morgan fingerprint density at radius 2 is 2.00 bits per heavy atom. The molecule has 0 saturated carbocycles. The minimum Gasteiger partial charge on any atom is -0.302 e. The van der Waals surface area contributed by atoms with Gasteiger partial charge in [-0.1, -0.05) is 18.2 Å². The van der Waals surface area contributed by atoms with Gasteiger partial charge in [-0.05, 0) is 61.0 Å². The Labute approximate surface area is 152 Å². The molecule has 1 aromatic heterocycles. The molecule has 0 atom stereocenters. The summed E-state index contributed by atoms with van der Waals surface area (Å²) in [7, 11) is -3.44. The van der Waals surface area contributed by atoms with E-state index in [4.69, 9.17) is 0 Å². The highest BCUT2D eigenvalue weighted by Crippen LogP contribution is 2.30. The van der Waals surface area contributed by atoms with Crippen LogP contribution in [0.1, 0.15) is 29.2 Å². The lowest BCUT2D eigenvalue weighted by atomic mass is 9.95. The summed E-state index contributed by atoms with van der Waals surface area (Å²) in [6.07, 6.45) is 2.24. The number of halogens is 1. The molecule has 2 aromatic rings. The molecule has 0 spiro atoms. The fourth-order valence-electron chi connectivity index (χ4n) is 3.22. The van der Waals surface area contributed by atoms with E-state index in [0.717, 1.165) is 25.9 Å². The molecule has 1 N–H and O–H groups in total. The third kappa shape index (κ3) is 5.60. The number of sulfonamides is 1. The van der Waals surface area contributed by atoms with Crippen LogP contribution in [0.5, 0.6) is 0 Å². The zero-order valence-corrected chi connectivity index (χ0v) is 15.7. The number of nitrogens with zero attached hydrogens (tertiary/aromatic N) is 1. The average molecular weight is 383 g/mol. The SMILES string of the molecule is O=S(=O)(Cc1cccc(F)c1)NCCN1CCC(c2cccs2)CC1. The van der Waals surface area contributed by atoms with E-state index in [1.165, 1.54) is 23.1 Å². The summed E-state index contributed by atoms with van der Waals surface area (Å²) >= 11 is 1.82. The Morgan fingerprint density at radius 1 is 1.20 bits per heavy atom. The van der Waals surface area contributed by atoms with Crippen LogP contribution in [0.25, 0.3) is 0 Å². The quantitative estimate of drug-likeness (QED) is 0.800. The number of thiophene rings is 1. The van der Waals surface area contributed by atoms with Crippen molar-refractivity contribution in [3.63, 3.8) is 0 Å². The highest BCUT2D eigenvalue weighted by molar-refractivity contribution is 7.88. The summed E-state index contributed by atoms with van der Waals surface area (Å²) in [5.74, 6) is 0.0350. The van der Waals surface area contributed by atoms with E-state index in [9.17, 15) is 12.8 Å². The summed E-state index contributed by atoms with van der Waals surface area (Å²) in [5, 5.41) is 2.12. The predicted octanol–water partition coefficient (Wildman–Crippen LogP) is 3.19. The van der Waals surface area contributed by atoms with E-state index in [2.05, 4.69) is 27.1 Å². The molecule has 25 heavy (non-hydrogen) atoms. The van der Waals surface area contributed by atoms with Crippen molar-refractivity contribution in [3.05, 3.63) is 58.0 Å². The summed E-state index contributed by atoms with van der Waals surface area (Å²) in [4.78, 5) is 3.75. The fraction of sp³-hybridized carbons (Fsp3) is 0.444. The summed E-state index contributed by atoms with van der Waals surface area (Å²) in [6.45, 7) is 3.09. The standard InChI is InChI=1S/C18H23FN2O2S2/c19-17-4-1-3-15(13-17)14-25(22,23)20-8-11-21-9-6-16(7-10-21)18-5-2-12-24-18/h1-5,12-13,16,20H,6-11,14H2. The van der Waals surface area contributed by atoms with Crippen LogP contribution in [0.4, 0.5) is 4.39 Å². The Hall–Kier alpha value is -1.28. The molecular weight excluding hydrogens is 359 g/mol. The average Bonchev–Trinajstić information content (AvgIpc) is 3.09. The summed E-state index contributed by atoms with van der Waals surface area (Å²) < 4.78 is 40.0. The van der Waals surface area contributed by atoms with Crippen molar-refractivity contribution in [2.45, 2.75) is 24.5 Å². The zero-order valence-electron chi connectivity index (χ0n) is 14.0. The van der Waals surface area contributed by atoms with Crippen molar-refractivity contribution in [2.75, 3.05) is 26.2 Å². The summed E-state index contributed by atoms with van der Waals surface area (Å²) in [5.41, 5.74) is 0.462. The van der Waals surface area contributed by atoms with Crippen LogP contribution in [0, 0.1) is 5.82 Å². The lowest BCUT2D eigenvalue weighted by molar-refractivity contribution is 0.217. The van der Waals surface area contributed by atoms with Gasteiger partial charge in [0.25, 0.3) is 0 Å². The van der Waals surface area contributed by atoms with Crippen molar-refractivity contribution in [3.8, 4) is 0 Å². The van der Waals surface area contributed by atoms with Crippen LogP contribution in [-0.4, -0.2) is 39.5 Å². The van der Waals surface area contributed by atoms with Crippen LogP contribution < -0.4 is 4.72 Å². The van der Waals surface area contributed by atoms with E-state index in [1.807, 2.05) is 11.3 Å². The number of rotatable bonds is 7. The molecule has 4 nitrogen and oxygen atoms in total. The molecule has 2 heterocycles. The van der Waals surface area contributed by atoms with Crippen LogP contribution in [0.2, 0.25) is 0 Å². The Morgan fingerprint density at radius 3 is 2.68 bits per heavy atom. The van der Waals surface area contributed by atoms with Gasteiger partial charge in [0, 0.05) is 18.0 Å².